The SMILES string of the molecule is CCC1CCC(O)(c2c(C)ccnc2N)C1. The summed E-state index contributed by atoms with van der Waals surface area (Å²) in [5, 5.41) is 10.7. The summed E-state index contributed by atoms with van der Waals surface area (Å²) in [6.07, 6.45) is 5.54. The highest BCUT2D eigenvalue weighted by Gasteiger charge is 2.40. The first kappa shape index (κ1) is 11.4. The summed E-state index contributed by atoms with van der Waals surface area (Å²) in [7, 11) is 0. The predicted molar refractivity (Wildman–Crippen MR) is 64.9 cm³/mol. The van der Waals surface area contributed by atoms with Crippen molar-refractivity contribution < 1.29 is 5.11 Å². The fraction of sp³-hybridized carbons (Fsp3) is 0.615. The molecule has 88 valence electrons. The van der Waals surface area contributed by atoms with Crippen LogP contribution in [0.15, 0.2) is 12.3 Å². The minimum atomic E-state index is -0.747. The Morgan fingerprint density at radius 1 is 1.62 bits per heavy atom. The molecule has 0 amide bonds. The molecule has 0 saturated heterocycles. The van der Waals surface area contributed by atoms with Crippen molar-refractivity contribution in [3.05, 3.63) is 23.4 Å². The van der Waals surface area contributed by atoms with E-state index >= 15 is 0 Å². The maximum Gasteiger partial charge on any atom is 0.129 e. The Morgan fingerprint density at radius 3 is 2.94 bits per heavy atom. The van der Waals surface area contributed by atoms with Crippen molar-refractivity contribution in [2.75, 3.05) is 5.73 Å². The minimum absolute atomic E-state index is 0.485. The van der Waals surface area contributed by atoms with Gasteiger partial charge in [-0.1, -0.05) is 13.3 Å². The number of pyridine rings is 1. The Bertz CT molecular complexity index is 371. The first-order chi connectivity index (χ1) is 7.57. The van der Waals surface area contributed by atoms with E-state index in [-0.39, 0.29) is 0 Å². The van der Waals surface area contributed by atoms with Crippen molar-refractivity contribution in [1.82, 2.24) is 4.98 Å². The Kier molecular flexibility index (Phi) is 2.89. The molecule has 1 fully saturated rings. The molecule has 1 heterocycles. The fourth-order valence-electron chi connectivity index (χ4n) is 2.88. The van der Waals surface area contributed by atoms with Gasteiger partial charge in [0.25, 0.3) is 0 Å². The number of nitrogens with two attached hydrogens (primary N) is 1. The monoisotopic (exact) mass is 220 g/mol. The van der Waals surface area contributed by atoms with Crippen LogP contribution in [0.25, 0.3) is 0 Å². The van der Waals surface area contributed by atoms with Crippen LogP contribution in [-0.4, -0.2) is 10.1 Å². The lowest BCUT2D eigenvalue weighted by atomic mass is 9.88. The first-order valence-electron chi connectivity index (χ1n) is 6.01. The third-order valence-electron chi connectivity index (χ3n) is 3.82. The van der Waals surface area contributed by atoms with E-state index in [4.69, 9.17) is 5.73 Å². The van der Waals surface area contributed by atoms with E-state index in [1.807, 2.05) is 13.0 Å². The molecular formula is C13H20N2O. The van der Waals surface area contributed by atoms with E-state index in [9.17, 15) is 5.11 Å². The summed E-state index contributed by atoms with van der Waals surface area (Å²) in [5.41, 5.74) is 7.06. The molecule has 1 saturated carbocycles. The van der Waals surface area contributed by atoms with Crippen molar-refractivity contribution in [2.45, 2.75) is 45.1 Å². The number of aliphatic hydroxyl groups is 1. The number of nitrogens with zero attached hydrogens (tertiary/aromatic N) is 1. The van der Waals surface area contributed by atoms with Gasteiger partial charge in [-0.3, -0.25) is 0 Å². The molecule has 1 aromatic rings. The third-order valence-corrected chi connectivity index (χ3v) is 3.82. The van der Waals surface area contributed by atoms with E-state index in [1.165, 1.54) is 0 Å². The van der Waals surface area contributed by atoms with Gasteiger partial charge in [-0.05, 0) is 43.7 Å². The largest absolute Gasteiger partial charge is 0.385 e. The van der Waals surface area contributed by atoms with Gasteiger partial charge in [0.15, 0.2) is 0 Å². The second-order valence-electron chi connectivity index (χ2n) is 4.94. The molecule has 0 aliphatic heterocycles. The smallest absolute Gasteiger partial charge is 0.129 e. The van der Waals surface area contributed by atoms with Gasteiger partial charge in [0.1, 0.15) is 5.82 Å². The summed E-state index contributed by atoms with van der Waals surface area (Å²) in [4.78, 5) is 4.10. The third kappa shape index (κ3) is 1.80. The molecule has 1 aliphatic rings. The van der Waals surface area contributed by atoms with Gasteiger partial charge < -0.3 is 10.8 Å². The average molecular weight is 220 g/mol. The van der Waals surface area contributed by atoms with Crippen molar-refractivity contribution >= 4 is 5.82 Å². The van der Waals surface area contributed by atoms with Crippen molar-refractivity contribution in [1.29, 1.82) is 0 Å². The molecule has 2 atom stereocenters. The lowest BCUT2D eigenvalue weighted by Gasteiger charge is -2.26. The maximum atomic E-state index is 10.7. The molecule has 0 aromatic carbocycles. The molecule has 3 N–H and O–H groups in total. The molecule has 1 aromatic heterocycles. The lowest BCUT2D eigenvalue weighted by Crippen LogP contribution is -2.25. The van der Waals surface area contributed by atoms with Crippen LogP contribution in [0.4, 0.5) is 5.82 Å². The highest BCUT2D eigenvalue weighted by Crippen LogP contribution is 2.45. The van der Waals surface area contributed by atoms with E-state index in [2.05, 4.69) is 11.9 Å². The molecule has 1 aliphatic carbocycles. The normalized spacial score (nSPS) is 29.6. The second-order valence-corrected chi connectivity index (χ2v) is 4.94. The molecule has 2 rings (SSSR count). The van der Waals surface area contributed by atoms with Crippen LogP contribution in [0, 0.1) is 12.8 Å². The second kappa shape index (κ2) is 4.06. The van der Waals surface area contributed by atoms with E-state index in [0.29, 0.717) is 11.7 Å². The van der Waals surface area contributed by atoms with Gasteiger partial charge >= 0.3 is 0 Å². The topological polar surface area (TPSA) is 59.1 Å². The van der Waals surface area contributed by atoms with Crippen LogP contribution >= 0.6 is 0 Å². The van der Waals surface area contributed by atoms with E-state index in [1.54, 1.807) is 6.20 Å². The van der Waals surface area contributed by atoms with Crippen molar-refractivity contribution in [3.8, 4) is 0 Å². The van der Waals surface area contributed by atoms with Crippen LogP contribution in [0.2, 0.25) is 0 Å². The molecule has 3 heteroatoms. The molecule has 2 unspecified atom stereocenters. The van der Waals surface area contributed by atoms with Gasteiger partial charge in [0, 0.05) is 11.8 Å². The van der Waals surface area contributed by atoms with Gasteiger partial charge in [-0.2, -0.15) is 0 Å². The van der Waals surface area contributed by atoms with Crippen molar-refractivity contribution in [3.63, 3.8) is 0 Å². The highest BCUT2D eigenvalue weighted by molar-refractivity contribution is 5.48. The Labute approximate surface area is 96.7 Å². The number of aromatic nitrogens is 1. The van der Waals surface area contributed by atoms with Crippen LogP contribution in [0.5, 0.6) is 0 Å². The molecule has 16 heavy (non-hydrogen) atoms. The summed E-state index contributed by atoms with van der Waals surface area (Å²) in [6.45, 7) is 4.17. The quantitative estimate of drug-likeness (QED) is 0.804. The molecule has 0 radical (unpaired) electrons. The number of rotatable bonds is 2. The van der Waals surface area contributed by atoms with Crippen LogP contribution < -0.4 is 5.73 Å². The van der Waals surface area contributed by atoms with Crippen molar-refractivity contribution in [2.24, 2.45) is 5.92 Å². The average Bonchev–Trinajstić information content (AvgIpc) is 2.61. The predicted octanol–water partition coefficient (Wildman–Crippen LogP) is 2.37. The minimum Gasteiger partial charge on any atom is -0.385 e. The Balaban J connectivity index is 2.37. The van der Waals surface area contributed by atoms with Gasteiger partial charge in [0.2, 0.25) is 0 Å². The zero-order valence-electron chi connectivity index (χ0n) is 10.0. The van der Waals surface area contributed by atoms with Gasteiger partial charge in [0.05, 0.1) is 5.60 Å². The van der Waals surface area contributed by atoms with Crippen LogP contribution in [0.3, 0.4) is 0 Å². The standard InChI is InChI=1S/C13H20N2O/c1-3-10-4-6-13(16,8-10)11-9(2)5-7-15-12(11)14/h5,7,10,16H,3-4,6,8H2,1-2H3,(H2,14,15). The van der Waals surface area contributed by atoms with Crippen LogP contribution in [-0.2, 0) is 5.60 Å². The lowest BCUT2D eigenvalue weighted by molar-refractivity contribution is 0.0397. The van der Waals surface area contributed by atoms with E-state index < -0.39 is 5.60 Å². The summed E-state index contributed by atoms with van der Waals surface area (Å²) in [6, 6.07) is 1.92. The zero-order valence-corrected chi connectivity index (χ0v) is 10.0. The molecule has 3 nitrogen and oxygen atoms in total. The Morgan fingerprint density at radius 2 is 2.38 bits per heavy atom. The fourth-order valence-corrected chi connectivity index (χ4v) is 2.88. The van der Waals surface area contributed by atoms with Gasteiger partial charge in [-0.15, -0.1) is 0 Å². The highest BCUT2D eigenvalue weighted by atomic mass is 16.3. The summed E-state index contributed by atoms with van der Waals surface area (Å²) in [5.74, 6) is 1.10. The van der Waals surface area contributed by atoms with Gasteiger partial charge in [-0.25, -0.2) is 4.98 Å². The Hall–Kier alpha value is -1.09. The molecular weight excluding hydrogens is 200 g/mol. The number of hydrogen-bond acceptors (Lipinski definition) is 3. The van der Waals surface area contributed by atoms with E-state index in [0.717, 1.165) is 36.8 Å². The number of hydrogen-bond donors (Lipinski definition) is 2. The number of nitrogen functional groups attached to an aromatic ring is 1. The zero-order chi connectivity index (χ0) is 11.8. The number of anilines is 1. The molecule has 0 bridgehead atoms. The van der Waals surface area contributed by atoms with Crippen LogP contribution in [0.1, 0.15) is 43.7 Å². The summed E-state index contributed by atoms with van der Waals surface area (Å²) < 4.78 is 0. The number of aryl methyl sites for hydroxylation is 1. The molecule has 0 spiro atoms. The maximum absolute atomic E-state index is 10.7. The first-order valence-corrected chi connectivity index (χ1v) is 6.01. The summed E-state index contributed by atoms with van der Waals surface area (Å²) >= 11 is 0.